The number of carbonyl (C=O) groups excluding carboxylic acids is 3. The summed E-state index contributed by atoms with van der Waals surface area (Å²) in [6, 6.07) is -1.36. The Bertz CT molecular complexity index is 626. The van der Waals surface area contributed by atoms with E-state index in [1.165, 1.54) is 5.01 Å². The Hall–Kier alpha value is -1.61. The topological polar surface area (TPSA) is 116 Å². The van der Waals surface area contributed by atoms with Crippen molar-refractivity contribution in [2.24, 2.45) is 17.8 Å². The Morgan fingerprint density at radius 1 is 1.16 bits per heavy atom. The zero-order valence-electron chi connectivity index (χ0n) is 19.5. The molecule has 1 aliphatic rings. The van der Waals surface area contributed by atoms with Crippen molar-refractivity contribution in [1.82, 2.24) is 15.8 Å². The number of nitrogens with zero attached hydrogens (tertiary/aromatic N) is 1. The van der Waals surface area contributed by atoms with Crippen molar-refractivity contribution in [2.45, 2.75) is 78.3 Å². The molecule has 2 amide bonds. The highest BCUT2D eigenvalue weighted by molar-refractivity contribution is 7.98. The van der Waals surface area contributed by atoms with Crippen LogP contribution in [0.25, 0.3) is 0 Å². The van der Waals surface area contributed by atoms with Gasteiger partial charge in [0.15, 0.2) is 5.78 Å². The van der Waals surface area contributed by atoms with Gasteiger partial charge in [-0.2, -0.15) is 11.8 Å². The summed E-state index contributed by atoms with van der Waals surface area (Å²) in [4.78, 5) is 50.2. The van der Waals surface area contributed by atoms with Crippen molar-refractivity contribution in [3.63, 3.8) is 0 Å². The van der Waals surface area contributed by atoms with Crippen LogP contribution in [0.2, 0.25) is 0 Å². The van der Waals surface area contributed by atoms with Crippen LogP contribution in [0.5, 0.6) is 0 Å². The first-order chi connectivity index (χ1) is 14.6. The van der Waals surface area contributed by atoms with Crippen molar-refractivity contribution < 1.29 is 24.3 Å². The second kappa shape index (κ2) is 13.7. The molecule has 1 unspecified atom stereocenters. The lowest BCUT2D eigenvalue weighted by Crippen LogP contribution is -2.61. The third kappa shape index (κ3) is 9.19. The van der Waals surface area contributed by atoms with E-state index >= 15 is 0 Å². The molecule has 1 heterocycles. The van der Waals surface area contributed by atoms with Crippen LogP contribution in [-0.2, 0) is 19.2 Å². The molecule has 31 heavy (non-hydrogen) atoms. The monoisotopic (exact) mass is 457 g/mol. The number of amides is 2. The van der Waals surface area contributed by atoms with Crippen molar-refractivity contribution in [3.8, 4) is 0 Å². The molecule has 0 aromatic rings. The second-order valence-corrected chi connectivity index (χ2v) is 9.97. The first-order valence-corrected chi connectivity index (χ1v) is 12.6. The summed E-state index contributed by atoms with van der Waals surface area (Å²) in [5, 5.41) is 13.5. The summed E-state index contributed by atoms with van der Waals surface area (Å²) in [5.74, 6) is -1.49. The zero-order chi connectivity index (χ0) is 23.6. The minimum absolute atomic E-state index is 0.0139. The molecule has 1 saturated heterocycles. The number of aliphatic carboxylic acids is 1. The molecule has 0 spiro atoms. The van der Waals surface area contributed by atoms with Crippen LogP contribution in [0.1, 0.15) is 66.2 Å². The lowest BCUT2D eigenvalue weighted by atomic mass is 9.93. The Morgan fingerprint density at radius 2 is 1.84 bits per heavy atom. The maximum atomic E-state index is 13.2. The van der Waals surface area contributed by atoms with Crippen LogP contribution in [0.3, 0.4) is 0 Å². The second-order valence-electron chi connectivity index (χ2n) is 8.98. The van der Waals surface area contributed by atoms with Crippen LogP contribution >= 0.6 is 11.8 Å². The summed E-state index contributed by atoms with van der Waals surface area (Å²) in [7, 11) is 0. The van der Waals surface area contributed by atoms with Gasteiger partial charge in [0, 0.05) is 18.9 Å². The van der Waals surface area contributed by atoms with E-state index in [-0.39, 0.29) is 29.9 Å². The molecule has 0 radical (unpaired) electrons. The molecule has 0 aliphatic carbocycles. The number of thioether (sulfide) groups is 1. The van der Waals surface area contributed by atoms with Gasteiger partial charge in [-0.1, -0.05) is 34.1 Å². The fourth-order valence-electron chi connectivity index (χ4n) is 3.70. The quantitative estimate of drug-likeness (QED) is 0.389. The predicted molar refractivity (Wildman–Crippen MR) is 122 cm³/mol. The lowest BCUT2D eigenvalue weighted by Gasteiger charge is -2.38. The van der Waals surface area contributed by atoms with Crippen LogP contribution in [0, 0.1) is 17.8 Å². The third-order valence-corrected chi connectivity index (χ3v) is 6.13. The maximum Gasteiger partial charge on any atom is 0.304 e. The number of carbonyl (C=O) groups is 4. The van der Waals surface area contributed by atoms with Crippen molar-refractivity contribution in [3.05, 3.63) is 0 Å². The van der Waals surface area contributed by atoms with Crippen LogP contribution in [0.4, 0.5) is 0 Å². The van der Waals surface area contributed by atoms with Gasteiger partial charge in [-0.15, -0.1) is 0 Å². The average Bonchev–Trinajstić information content (AvgIpc) is 2.71. The Kier molecular flexibility index (Phi) is 12.1. The molecule has 3 atom stereocenters. The highest BCUT2D eigenvalue weighted by Crippen LogP contribution is 2.22. The maximum absolute atomic E-state index is 13.2. The zero-order valence-corrected chi connectivity index (χ0v) is 20.3. The molecule has 9 heteroatoms. The van der Waals surface area contributed by atoms with E-state index in [9.17, 15) is 24.3 Å². The Balaban J connectivity index is 2.96. The summed E-state index contributed by atoms with van der Waals surface area (Å²) in [6.45, 7) is 8.37. The lowest BCUT2D eigenvalue weighted by molar-refractivity contribution is -0.153. The van der Waals surface area contributed by atoms with E-state index in [2.05, 4.69) is 10.7 Å². The molecular formula is C22H39N3O5S. The molecule has 178 valence electrons. The SMILES string of the molecule is CSCCC(=O)C(NC(=O)[C@@H]1CCCNN1C(=O)[C@H](CCC(C)C)CC(=O)O)C(C)C. The normalized spacial score (nSPS) is 18.7. The van der Waals surface area contributed by atoms with Gasteiger partial charge in [-0.05, 0) is 43.1 Å². The van der Waals surface area contributed by atoms with Gasteiger partial charge in [-0.25, -0.2) is 5.43 Å². The first-order valence-electron chi connectivity index (χ1n) is 11.2. The molecule has 0 aromatic carbocycles. The fourth-order valence-corrected chi connectivity index (χ4v) is 4.10. The number of rotatable bonds is 13. The standard InChI is InChI=1S/C22H39N3O5S/c1-14(2)8-9-16(13-19(27)28)22(30)25-17(7-6-11-23-25)21(29)24-20(15(3)4)18(26)10-12-31-5/h14-17,20,23H,6-13H2,1-5H3,(H,24,29)(H,27,28)/t16-,17+,20?/m1/s1. The van der Waals surface area contributed by atoms with Gasteiger partial charge in [0.1, 0.15) is 6.04 Å². The van der Waals surface area contributed by atoms with Gasteiger partial charge >= 0.3 is 5.97 Å². The van der Waals surface area contributed by atoms with Crippen molar-refractivity contribution in [2.75, 3.05) is 18.6 Å². The van der Waals surface area contributed by atoms with Gasteiger partial charge in [0.05, 0.1) is 12.5 Å². The molecule has 3 N–H and O–H groups in total. The Morgan fingerprint density at radius 3 is 2.39 bits per heavy atom. The molecule has 1 rings (SSSR count). The molecule has 0 bridgehead atoms. The molecule has 0 saturated carbocycles. The van der Waals surface area contributed by atoms with Gasteiger partial charge in [0.2, 0.25) is 11.8 Å². The van der Waals surface area contributed by atoms with E-state index in [1.54, 1.807) is 11.8 Å². The number of carboxylic acids is 1. The predicted octanol–water partition coefficient (Wildman–Crippen LogP) is 2.47. The fraction of sp³-hybridized carbons (Fsp3) is 0.818. The average molecular weight is 458 g/mol. The highest BCUT2D eigenvalue weighted by atomic mass is 32.2. The van der Waals surface area contributed by atoms with Crippen LogP contribution in [-0.4, -0.2) is 64.3 Å². The molecular weight excluding hydrogens is 418 g/mol. The number of hydrazine groups is 1. The third-order valence-electron chi connectivity index (χ3n) is 5.51. The van der Waals surface area contributed by atoms with Crippen molar-refractivity contribution >= 4 is 35.3 Å². The van der Waals surface area contributed by atoms with Gasteiger partial charge < -0.3 is 10.4 Å². The summed E-state index contributed by atoms with van der Waals surface area (Å²) < 4.78 is 0. The van der Waals surface area contributed by atoms with Crippen LogP contribution in [0.15, 0.2) is 0 Å². The van der Waals surface area contributed by atoms with Gasteiger partial charge in [0.25, 0.3) is 0 Å². The molecule has 0 aromatic heterocycles. The number of hydrogen-bond acceptors (Lipinski definition) is 6. The van der Waals surface area contributed by atoms with E-state index in [0.717, 1.165) is 6.42 Å². The Labute approximate surface area is 190 Å². The van der Waals surface area contributed by atoms with Gasteiger partial charge in [-0.3, -0.25) is 24.2 Å². The number of nitrogens with one attached hydrogen (secondary N) is 2. The largest absolute Gasteiger partial charge is 0.481 e. The number of hydrogen-bond donors (Lipinski definition) is 3. The summed E-state index contributed by atoms with van der Waals surface area (Å²) in [6.07, 6.45) is 4.42. The summed E-state index contributed by atoms with van der Waals surface area (Å²) in [5.41, 5.74) is 3.00. The van der Waals surface area contributed by atoms with E-state index in [4.69, 9.17) is 0 Å². The highest BCUT2D eigenvalue weighted by Gasteiger charge is 2.38. The molecule has 8 nitrogen and oxygen atoms in total. The minimum atomic E-state index is -1.03. The number of carboxylic acid groups (broad SMARTS) is 1. The van der Waals surface area contributed by atoms with Crippen LogP contribution < -0.4 is 10.7 Å². The van der Waals surface area contributed by atoms with E-state index in [1.807, 2.05) is 34.0 Å². The van der Waals surface area contributed by atoms with E-state index in [0.29, 0.717) is 43.9 Å². The number of ketones is 1. The van der Waals surface area contributed by atoms with E-state index < -0.39 is 24.0 Å². The number of Topliss-reactive ketones (excluding diaryl/α,β-unsaturated/α-hetero) is 1. The minimum Gasteiger partial charge on any atom is -0.481 e. The molecule has 1 aliphatic heterocycles. The molecule has 1 fully saturated rings. The van der Waals surface area contributed by atoms with Crippen molar-refractivity contribution in [1.29, 1.82) is 0 Å². The summed E-state index contributed by atoms with van der Waals surface area (Å²) >= 11 is 1.58. The smallest absolute Gasteiger partial charge is 0.304 e. The first kappa shape index (κ1) is 27.4.